The van der Waals surface area contributed by atoms with Crippen molar-refractivity contribution >= 4 is 11.7 Å². The molecule has 0 aliphatic carbocycles. The summed E-state index contributed by atoms with van der Waals surface area (Å²) in [7, 11) is 5.84. The predicted octanol–water partition coefficient (Wildman–Crippen LogP) is 1.32. The zero-order valence-corrected chi connectivity index (χ0v) is 12.9. The predicted molar refractivity (Wildman–Crippen MR) is 80.9 cm³/mol. The second-order valence-corrected chi connectivity index (χ2v) is 5.11. The van der Waals surface area contributed by atoms with Crippen molar-refractivity contribution in [3.8, 4) is 0 Å². The SMILES string of the molecule is CCCNc1ccc(C(=O)N(C)CCCN(C)C)nn1. The highest BCUT2D eigenvalue weighted by Crippen LogP contribution is 2.05. The zero-order chi connectivity index (χ0) is 15.0. The van der Waals surface area contributed by atoms with E-state index >= 15 is 0 Å². The lowest BCUT2D eigenvalue weighted by atomic mass is 10.3. The van der Waals surface area contributed by atoms with Crippen LogP contribution in [0.5, 0.6) is 0 Å². The molecule has 0 aromatic carbocycles. The minimum absolute atomic E-state index is 0.0849. The van der Waals surface area contributed by atoms with Gasteiger partial charge in [0, 0.05) is 20.1 Å². The smallest absolute Gasteiger partial charge is 0.274 e. The molecule has 1 amide bonds. The van der Waals surface area contributed by atoms with E-state index in [0.717, 1.165) is 25.9 Å². The minimum atomic E-state index is -0.0849. The molecule has 0 radical (unpaired) electrons. The summed E-state index contributed by atoms with van der Waals surface area (Å²) in [6.07, 6.45) is 1.97. The van der Waals surface area contributed by atoms with Gasteiger partial charge in [0.1, 0.15) is 5.82 Å². The van der Waals surface area contributed by atoms with Gasteiger partial charge in [0.2, 0.25) is 0 Å². The molecule has 1 aromatic rings. The van der Waals surface area contributed by atoms with Crippen LogP contribution in [0.4, 0.5) is 5.82 Å². The van der Waals surface area contributed by atoms with Crippen LogP contribution < -0.4 is 5.32 Å². The number of nitrogens with zero attached hydrogens (tertiary/aromatic N) is 4. The molecule has 6 nitrogen and oxygen atoms in total. The van der Waals surface area contributed by atoms with Gasteiger partial charge < -0.3 is 15.1 Å². The first-order valence-corrected chi connectivity index (χ1v) is 7.02. The van der Waals surface area contributed by atoms with Crippen LogP contribution in [-0.2, 0) is 0 Å². The van der Waals surface area contributed by atoms with Gasteiger partial charge in [0.15, 0.2) is 5.69 Å². The summed E-state index contributed by atoms with van der Waals surface area (Å²) in [5, 5.41) is 11.1. The number of amides is 1. The zero-order valence-electron chi connectivity index (χ0n) is 12.9. The van der Waals surface area contributed by atoms with Crippen molar-refractivity contribution in [3.05, 3.63) is 17.8 Å². The molecule has 1 N–H and O–H groups in total. The summed E-state index contributed by atoms with van der Waals surface area (Å²) in [5.41, 5.74) is 0.388. The number of carbonyl (C=O) groups excluding carboxylic acids is 1. The van der Waals surface area contributed by atoms with Crippen LogP contribution in [0, 0.1) is 0 Å². The van der Waals surface area contributed by atoms with Crippen LogP contribution >= 0.6 is 0 Å². The van der Waals surface area contributed by atoms with Crippen LogP contribution in [0.3, 0.4) is 0 Å². The Balaban J connectivity index is 2.49. The van der Waals surface area contributed by atoms with Crippen molar-refractivity contribution in [1.82, 2.24) is 20.0 Å². The minimum Gasteiger partial charge on any atom is -0.369 e. The highest BCUT2D eigenvalue weighted by atomic mass is 16.2. The average Bonchev–Trinajstić information content (AvgIpc) is 2.44. The molecule has 0 fully saturated rings. The molecular weight excluding hydrogens is 254 g/mol. The van der Waals surface area contributed by atoms with Crippen LogP contribution in [0.1, 0.15) is 30.3 Å². The largest absolute Gasteiger partial charge is 0.369 e. The van der Waals surface area contributed by atoms with Crippen LogP contribution in [0.25, 0.3) is 0 Å². The van der Waals surface area contributed by atoms with Gasteiger partial charge in [-0.05, 0) is 45.6 Å². The average molecular weight is 279 g/mol. The summed E-state index contributed by atoms with van der Waals surface area (Å²) in [5.74, 6) is 0.622. The lowest BCUT2D eigenvalue weighted by Gasteiger charge is -2.18. The summed E-state index contributed by atoms with van der Waals surface area (Å²) >= 11 is 0. The van der Waals surface area contributed by atoms with Gasteiger partial charge in [-0.3, -0.25) is 4.79 Å². The van der Waals surface area contributed by atoms with E-state index in [1.54, 1.807) is 24.1 Å². The fraction of sp³-hybridized carbons (Fsp3) is 0.643. The van der Waals surface area contributed by atoms with E-state index in [1.165, 1.54) is 0 Å². The number of aromatic nitrogens is 2. The standard InChI is InChI=1S/C14H25N5O/c1-5-9-15-13-8-7-12(16-17-13)14(20)19(4)11-6-10-18(2)3/h7-8H,5-6,9-11H2,1-4H3,(H,15,17). The van der Waals surface area contributed by atoms with E-state index < -0.39 is 0 Å². The molecular formula is C14H25N5O. The summed E-state index contributed by atoms with van der Waals surface area (Å²) < 4.78 is 0. The van der Waals surface area contributed by atoms with E-state index in [-0.39, 0.29) is 5.91 Å². The van der Waals surface area contributed by atoms with E-state index in [4.69, 9.17) is 0 Å². The molecule has 0 bridgehead atoms. The first-order chi connectivity index (χ1) is 9.54. The van der Waals surface area contributed by atoms with Gasteiger partial charge in [0.25, 0.3) is 5.91 Å². The lowest BCUT2D eigenvalue weighted by molar-refractivity contribution is 0.0784. The number of anilines is 1. The molecule has 0 unspecified atom stereocenters. The maximum Gasteiger partial charge on any atom is 0.274 e. The molecule has 0 spiro atoms. The Labute approximate surface area is 121 Å². The van der Waals surface area contributed by atoms with Gasteiger partial charge in [-0.1, -0.05) is 6.92 Å². The summed E-state index contributed by atoms with van der Waals surface area (Å²) in [6, 6.07) is 3.51. The van der Waals surface area contributed by atoms with E-state index in [2.05, 4.69) is 27.3 Å². The third-order valence-corrected chi connectivity index (χ3v) is 2.89. The van der Waals surface area contributed by atoms with E-state index in [9.17, 15) is 4.79 Å². The fourth-order valence-electron chi connectivity index (χ4n) is 1.71. The maximum absolute atomic E-state index is 12.1. The highest BCUT2D eigenvalue weighted by Gasteiger charge is 2.13. The maximum atomic E-state index is 12.1. The highest BCUT2D eigenvalue weighted by molar-refractivity contribution is 5.92. The molecule has 0 aliphatic heterocycles. The third-order valence-electron chi connectivity index (χ3n) is 2.89. The first kappa shape index (κ1) is 16.4. The van der Waals surface area contributed by atoms with Crippen molar-refractivity contribution in [3.63, 3.8) is 0 Å². The Bertz CT molecular complexity index is 405. The lowest BCUT2D eigenvalue weighted by Crippen LogP contribution is -2.30. The number of carbonyl (C=O) groups is 1. The molecule has 0 saturated heterocycles. The topological polar surface area (TPSA) is 61.4 Å². The van der Waals surface area contributed by atoms with Gasteiger partial charge in [-0.2, -0.15) is 0 Å². The molecule has 1 aromatic heterocycles. The van der Waals surface area contributed by atoms with Crippen LogP contribution in [0.15, 0.2) is 12.1 Å². The van der Waals surface area contributed by atoms with Crippen LogP contribution in [-0.4, -0.2) is 66.7 Å². The first-order valence-electron chi connectivity index (χ1n) is 7.02. The molecule has 0 saturated carbocycles. The second-order valence-electron chi connectivity index (χ2n) is 5.11. The Morgan fingerprint density at radius 1 is 1.20 bits per heavy atom. The van der Waals surface area contributed by atoms with Crippen molar-refractivity contribution in [1.29, 1.82) is 0 Å². The third kappa shape index (κ3) is 5.52. The van der Waals surface area contributed by atoms with Crippen molar-refractivity contribution < 1.29 is 4.79 Å². The Morgan fingerprint density at radius 3 is 2.50 bits per heavy atom. The number of rotatable bonds is 8. The Hall–Kier alpha value is -1.69. The van der Waals surface area contributed by atoms with Crippen molar-refractivity contribution in [2.75, 3.05) is 46.1 Å². The number of nitrogens with one attached hydrogen (secondary N) is 1. The molecule has 0 aliphatic rings. The molecule has 1 rings (SSSR count). The molecule has 6 heteroatoms. The second kappa shape index (κ2) is 8.47. The van der Waals surface area contributed by atoms with E-state index in [0.29, 0.717) is 18.1 Å². The van der Waals surface area contributed by atoms with E-state index in [1.807, 2.05) is 14.1 Å². The van der Waals surface area contributed by atoms with Gasteiger partial charge in [-0.15, -0.1) is 10.2 Å². The number of hydrogen-bond donors (Lipinski definition) is 1. The van der Waals surface area contributed by atoms with Crippen molar-refractivity contribution in [2.45, 2.75) is 19.8 Å². The monoisotopic (exact) mass is 279 g/mol. The van der Waals surface area contributed by atoms with Crippen molar-refractivity contribution in [2.24, 2.45) is 0 Å². The van der Waals surface area contributed by atoms with Gasteiger partial charge in [-0.25, -0.2) is 0 Å². The summed E-state index contributed by atoms with van der Waals surface area (Å²) in [6.45, 7) is 4.62. The van der Waals surface area contributed by atoms with Gasteiger partial charge in [0.05, 0.1) is 0 Å². The molecule has 0 atom stereocenters. The fourth-order valence-corrected chi connectivity index (χ4v) is 1.71. The van der Waals surface area contributed by atoms with Crippen LogP contribution in [0.2, 0.25) is 0 Å². The normalized spacial score (nSPS) is 10.7. The molecule has 112 valence electrons. The Kier molecular flexibility index (Phi) is 6.93. The van der Waals surface area contributed by atoms with Gasteiger partial charge >= 0.3 is 0 Å². The quantitative estimate of drug-likeness (QED) is 0.777. The summed E-state index contributed by atoms with van der Waals surface area (Å²) in [4.78, 5) is 15.9. The molecule has 20 heavy (non-hydrogen) atoms. The molecule has 1 heterocycles. The number of hydrogen-bond acceptors (Lipinski definition) is 5. The Morgan fingerprint density at radius 2 is 1.95 bits per heavy atom.